The summed E-state index contributed by atoms with van der Waals surface area (Å²) >= 11 is 1.49. The molecule has 0 saturated heterocycles. The highest BCUT2D eigenvalue weighted by molar-refractivity contribution is 7.99. The Morgan fingerprint density at radius 3 is 2.74 bits per heavy atom. The van der Waals surface area contributed by atoms with Crippen LogP contribution in [0.5, 0.6) is 0 Å². The van der Waals surface area contributed by atoms with Gasteiger partial charge in [0.05, 0.1) is 0 Å². The molecule has 0 saturated carbocycles. The maximum atomic E-state index is 4.56. The fourth-order valence-corrected chi connectivity index (χ4v) is 2.27. The molecule has 0 bridgehead atoms. The van der Waals surface area contributed by atoms with E-state index < -0.39 is 0 Å². The topological polar surface area (TPSA) is 68.5 Å². The van der Waals surface area contributed by atoms with E-state index in [1.165, 1.54) is 18.1 Å². The predicted molar refractivity (Wildman–Crippen MR) is 75.4 cm³/mol. The van der Waals surface area contributed by atoms with Crippen molar-refractivity contribution in [2.45, 2.75) is 36.9 Å². The Bertz CT molecular complexity index is 551. The first kappa shape index (κ1) is 13.8. The third-order valence-corrected chi connectivity index (χ3v) is 3.43. The second-order valence-electron chi connectivity index (χ2n) is 4.40. The molecule has 0 aliphatic carbocycles. The van der Waals surface area contributed by atoms with Crippen molar-refractivity contribution in [3.63, 3.8) is 0 Å². The van der Waals surface area contributed by atoms with Gasteiger partial charge in [0.1, 0.15) is 23.0 Å². The number of anilines is 1. The minimum Gasteiger partial charge on any atom is -0.370 e. The van der Waals surface area contributed by atoms with Crippen molar-refractivity contribution in [2.75, 3.05) is 11.9 Å². The van der Waals surface area contributed by atoms with Crippen molar-refractivity contribution >= 4 is 17.6 Å². The standard InChI is InChI=1S/C12H18N6S/c1-5-13-9-6-10(17-11(16-9)8(2)3)19-12-14-7-15-18(12)4/h6-8H,5H2,1-4H3,(H,13,16,17). The van der Waals surface area contributed by atoms with Crippen molar-refractivity contribution in [1.29, 1.82) is 0 Å². The summed E-state index contributed by atoms with van der Waals surface area (Å²) in [6.07, 6.45) is 1.54. The molecule has 0 aromatic carbocycles. The zero-order chi connectivity index (χ0) is 13.8. The SMILES string of the molecule is CCNc1cc(Sc2ncnn2C)nc(C(C)C)n1. The van der Waals surface area contributed by atoms with Gasteiger partial charge in [-0.15, -0.1) is 0 Å². The maximum Gasteiger partial charge on any atom is 0.192 e. The number of rotatable bonds is 5. The van der Waals surface area contributed by atoms with Crippen molar-refractivity contribution < 1.29 is 0 Å². The Labute approximate surface area is 117 Å². The van der Waals surface area contributed by atoms with E-state index in [1.54, 1.807) is 4.68 Å². The summed E-state index contributed by atoms with van der Waals surface area (Å²) in [4.78, 5) is 13.3. The van der Waals surface area contributed by atoms with Gasteiger partial charge in [0, 0.05) is 25.6 Å². The minimum absolute atomic E-state index is 0.289. The highest BCUT2D eigenvalue weighted by Gasteiger charge is 2.11. The fraction of sp³-hybridized carbons (Fsp3) is 0.500. The van der Waals surface area contributed by atoms with E-state index in [1.807, 2.05) is 20.0 Å². The average molecular weight is 278 g/mol. The first-order valence-corrected chi connectivity index (χ1v) is 7.06. The van der Waals surface area contributed by atoms with Gasteiger partial charge in [-0.3, -0.25) is 0 Å². The second kappa shape index (κ2) is 6.01. The van der Waals surface area contributed by atoms with E-state index in [0.717, 1.165) is 28.4 Å². The van der Waals surface area contributed by atoms with Crippen molar-refractivity contribution in [1.82, 2.24) is 24.7 Å². The summed E-state index contributed by atoms with van der Waals surface area (Å²) in [7, 11) is 1.87. The summed E-state index contributed by atoms with van der Waals surface area (Å²) < 4.78 is 1.73. The summed E-state index contributed by atoms with van der Waals surface area (Å²) in [6, 6.07) is 1.94. The van der Waals surface area contributed by atoms with Gasteiger partial charge in [-0.25, -0.2) is 19.6 Å². The third-order valence-electron chi connectivity index (χ3n) is 2.46. The van der Waals surface area contributed by atoms with Gasteiger partial charge in [0.2, 0.25) is 0 Å². The molecule has 6 nitrogen and oxygen atoms in total. The molecule has 0 unspecified atom stereocenters. The molecule has 0 aliphatic rings. The van der Waals surface area contributed by atoms with Crippen LogP contribution in [0.4, 0.5) is 5.82 Å². The molecule has 1 N–H and O–H groups in total. The average Bonchev–Trinajstić information content (AvgIpc) is 2.75. The molecule has 0 amide bonds. The van der Waals surface area contributed by atoms with E-state index >= 15 is 0 Å². The molecule has 0 fully saturated rings. The van der Waals surface area contributed by atoms with Gasteiger partial charge in [0.15, 0.2) is 5.16 Å². The lowest BCUT2D eigenvalue weighted by molar-refractivity contribution is 0.683. The van der Waals surface area contributed by atoms with Crippen molar-refractivity contribution in [3.8, 4) is 0 Å². The van der Waals surface area contributed by atoms with Crippen LogP contribution in [0.2, 0.25) is 0 Å². The fourth-order valence-electron chi connectivity index (χ4n) is 1.50. The number of aryl methyl sites for hydroxylation is 1. The lowest BCUT2D eigenvalue weighted by Crippen LogP contribution is -2.05. The molecule has 0 atom stereocenters. The van der Waals surface area contributed by atoms with Crippen LogP contribution in [0.3, 0.4) is 0 Å². The maximum absolute atomic E-state index is 4.56. The third kappa shape index (κ3) is 3.44. The van der Waals surface area contributed by atoms with Crippen LogP contribution < -0.4 is 5.32 Å². The summed E-state index contributed by atoms with van der Waals surface area (Å²) in [5.74, 6) is 1.98. The molecule has 2 aromatic rings. The molecule has 7 heteroatoms. The first-order valence-electron chi connectivity index (χ1n) is 6.24. The van der Waals surface area contributed by atoms with Crippen molar-refractivity contribution in [2.24, 2.45) is 7.05 Å². The van der Waals surface area contributed by atoms with E-state index in [-0.39, 0.29) is 5.92 Å². The first-order chi connectivity index (χ1) is 9.10. The van der Waals surface area contributed by atoms with Crippen LogP contribution in [0.1, 0.15) is 32.5 Å². The van der Waals surface area contributed by atoms with Gasteiger partial charge in [0.25, 0.3) is 0 Å². The van der Waals surface area contributed by atoms with Gasteiger partial charge in [-0.1, -0.05) is 13.8 Å². The largest absolute Gasteiger partial charge is 0.370 e. The van der Waals surface area contributed by atoms with Gasteiger partial charge in [-0.05, 0) is 18.7 Å². The number of nitrogens with one attached hydrogen (secondary N) is 1. The monoisotopic (exact) mass is 278 g/mol. The number of nitrogens with zero attached hydrogens (tertiary/aromatic N) is 5. The number of aromatic nitrogens is 5. The summed E-state index contributed by atoms with van der Waals surface area (Å²) in [5.41, 5.74) is 0. The van der Waals surface area contributed by atoms with Crippen LogP contribution in [0, 0.1) is 0 Å². The molecule has 2 aromatic heterocycles. The molecule has 2 heterocycles. The van der Waals surface area contributed by atoms with E-state index in [2.05, 4.69) is 39.2 Å². The number of hydrogen-bond donors (Lipinski definition) is 1. The van der Waals surface area contributed by atoms with Gasteiger partial charge in [-0.2, -0.15) is 5.10 Å². The zero-order valence-corrected chi connectivity index (χ0v) is 12.4. The molecule has 102 valence electrons. The minimum atomic E-state index is 0.289. The normalized spacial score (nSPS) is 11.0. The van der Waals surface area contributed by atoms with Crippen LogP contribution in [0.25, 0.3) is 0 Å². The lowest BCUT2D eigenvalue weighted by atomic mass is 10.2. The quantitative estimate of drug-likeness (QED) is 0.846. The Balaban J connectivity index is 2.31. The summed E-state index contributed by atoms with van der Waals surface area (Å²) in [6.45, 7) is 7.05. The van der Waals surface area contributed by atoms with Crippen LogP contribution >= 0.6 is 11.8 Å². The van der Waals surface area contributed by atoms with E-state index in [9.17, 15) is 0 Å². The molecule has 0 spiro atoms. The van der Waals surface area contributed by atoms with Crippen LogP contribution in [-0.2, 0) is 7.05 Å². The molecule has 0 aliphatic heterocycles. The van der Waals surface area contributed by atoms with Gasteiger partial charge >= 0.3 is 0 Å². The van der Waals surface area contributed by atoms with Crippen molar-refractivity contribution in [3.05, 3.63) is 18.2 Å². The zero-order valence-electron chi connectivity index (χ0n) is 11.6. The molecule has 19 heavy (non-hydrogen) atoms. The Morgan fingerprint density at radius 2 is 2.16 bits per heavy atom. The highest BCUT2D eigenvalue weighted by atomic mass is 32.2. The van der Waals surface area contributed by atoms with E-state index in [0.29, 0.717) is 0 Å². The molecular formula is C12H18N6S. The van der Waals surface area contributed by atoms with Gasteiger partial charge < -0.3 is 5.32 Å². The van der Waals surface area contributed by atoms with Crippen LogP contribution in [0.15, 0.2) is 22.6 Å². The second-order valence-corrected chi connectivity index (χ2v) is 5.39. The Kier molecular flexibility index (Phi) is 4.36. The highest BCUT2D eigenvalue weighted by Crippen LogP contribution is 2.26. The Morgan fingerprint density at radius 1 is 1.37 bits per heavy atom. The summed E-state index contributed by atoms with van der Waals surface area (Å²) in [5, 5.41) is 8.98. The molecule has 0 radical (unpaired) electrons. The van der Waals surface area contributed by atoms with E-state index in [4.69, 9.17) is 0 Å². The smallest absolute Gasteiger partial charge is 0.192 e. The predicted octanol–water partition coefficient (Wildman–Crippen LogP) is 2.31. The Hall–Kier alpha value is -1.63. The lowest BCUT2D eigenvalue weighted by Gasteiger charge is -2.10. The van der Waals surface area contributed by atoms with Crippen LogP contribution in [-0.4, -0.2) is 31.3 Å². The molecular weight excluding hydrogens is 260 g/mol. The molecule has 2 rings (SSSR count). The number of hydrogen-bond acceptors (Lipinski definition) is 6.